The van der Waals surface area contributed by atoms with Crippen molar-refractivity contribution < 1.29 is 0 Å². The topological polar surface area (TPSA) is 54.2 Å². The Bertz CT molecular complexity index is 605. The maximum absolute atomic E-state index is 6.02. The van der Waals surface area contributed by atoms with Crippen LogP contribution in [-0.4, -0.2) is 35.6 Å². The normalized spacial score (nSPS) is 17.8. The molecule has 3 N–H and O–H groups in total. The molecule has 0 saturated carbocycles. The average Bonchev–Trinajstić information content (AvgIpc) is 2.55. The highest BCUT2D eigenvalue weighted by molar-refractivity contribution is 6.00. The quantitative estimate of drug-likeness (QED) is 0.847. The highest BCUT2D eigenvalue weighted by Gasteiger charge is 2.16. The highest BCUT2D eigenvalue weighted by Crippen LogP contribution is 2.27. The Labute approximate surface area is 126 Å². The maximum atomic E-state index is 6.02. The van der Waals surface area contributed by atoms with E-state index in [1.807, 2.05) is 24.5 Å². The molecule has 1 aromatic carbocycles. The lowest BCUT2D eigenvalue weighted by atomic mass is 10.1. The van der Waals surface area contributed by atoms with E-state index in [1.54, 1.807) is 0 Å². The van der Waals surface area contributed by atoms with Crippen LogP contribution in [0.1, 0.15) is 26.2 Å². The van der Waals surface area contributed by atoms with Crippen LogP contribution < -0.4 is 11.1 Å². The van der Waals surface area contributed by atoms with Crippen molar-refractivity contribution in [1.29, 1.82) is 0 Å². The molecule has 0 radical (unpaired) electrons. The lowest BCUT2D eigenvalue weighted by Gasteiger charge is -2.32. The van der Waals surface area contributed by atoms with Crippen molar-refractivity contribution in [2.45, 2.75) is 32.2 Å². The first kappa shape index (κ1) is 14.1. The van der Waals surface area contributed by atoms with Gasteiger partial charge >= 0.3 is 0 Å². The molecular weight excluding hydrogens is 260 g/mol. The molecule has 21 heavy (non-hydrogen) atoms. The molecule has 0 spiro atoms. The molecule has 0 amide bonds. The summed E-state index contributed by atoms with van der Waals surface area (Å²) in [7, 11) is 0. The fraction of sp³-hybridized carbons (Fsp3) is 0.471. The van der Waals surface area contributed by atoms with E-state index >= 15 is 0 Å². The summed E-state index contributed by atoms with van der Waals surface area (Å²) < 4.78 is 0. The molecule has 2 heterocycles. The van der Waals surface area contributed by atoms with Crippen LogP contribution in [0, 0.1) is 0 Å². The van der Waals surface area contributed by atoms with E-state index in [4.69, 9.17) is 5.73 Å². The van der Waals surface area contributed by atoms with Crippen molar-refractivity contribution in [3.05, 3.63) is 30.6 Å². The second-order valence-corrected chi connectivity index (χ2v) is 5.95. The third kappa shape index (κ3) is 3.10. The van der Waals surface area contributed by atoms with E-state index in [0.29, 0.717) is 6.04 Å². The van der Waals surface area contributed by atoms with Gasteiger partial charge < -0.3 is 11.1 Å². The van der Waals surface area contributed by atoms with Gasteiger partial charge in [0.05, 0.1) is 0 Å². The summed E-state index contributed by atoms with van der Waals surface area (Å²) >= 11 is 0. The molecular formula is C17H24N4. The molecule has 1 unspecified atom stereocenters. The van der Waals surface area contributed by atoms with Crippen LogP contribution in [0.4, 0.5) is 11.4 Å². The first-order valence-electron chi connectivity index (χ1n) is 7.86. The molecule has 4 nitrogen and oxygen atoms in total. The fourth-order valence-corrected chi connectivity index (χ4v) is 3.11. The summed E-state index contributed by atoms with van der Waals surface area (Å²) in [5.41, 5.74) is 7.95. The molecule has 1 aliphatic heterocycles. The van der Waals surface area contributed by atoms with Crippen LogP contribution in [0.3, 0.4) is 0 Å². The lowest BCUT2D eigenvalue weighted by molar-refractivity contribution is 0.180. The number of anilines is 2. The number of hydrogen-bond acceptors (Lipinski definition) is 4. The van der Waals surface area contributed by atoms with E-state index in [0.717, 1.165) is 28.7 Å². The van der Waals surface area contributed by atoms with Crippen LogP contribution in [0.5, 0.6) is 0 Å². The van der Waals surface area contributed by atoms with Gasteiger partial charge in [-0.05, 0) is 51.1 Å². The minimum Gasteiger partial charge on any atom is -0.398 e. The van der Waals surface area contributed by atoms with Crippen molar-refractivity contribution >= 4 is 22.1 Å². The number of hydrogen-bond donors (Lipinski definition) is 2. The highest BCUT2D eigenvalue weighted by atomic mass is 15.2. The van der Waals surface area contributed by atoms with Gasteiger partial charge in [-0.3, -0.25) is 9.88 Å². The number of piperidine rings is 1. The average molecular weight is 284 g/mol. The molecule has 2 aromatic rings. The van der Waals surface area contributed by atoms with Gasteiger partial charge in [-0.1, -0.05) is 6.42 Å². The van der Waals surface area contributed by atoms with E-state index in [1.165, 1.54) is 32.4 Å². The minimum absolute atomic E-state index is 0.555. The summed E-state index contributed by atoms with van der Waals surface area (Å²) in [6.07, 6.45) is 7.71. The summed E-state index contributed by atoms with van der Waals surface area (Å²) in [5.74, 6) is 0. The first-order chi connectivity index (χ1) is 10.3. The van der Waals surface area contributed by atoms with E-state index < -0.39 is 0 Å². The Balaban J connectivity index is 1.72. The van der Waals surface area contributed by atoms with Crippen LogP contribution in [0.2, 0.25) is 0 Å². The molecule has 4 heteroatoms. The Morgan fingerprint density at radius 2 is 2.00 bits per heavy atom. The minimum atomic E-state index is 0.555. The van der Waals surface area contributed by atoms with Crippen LogP contribution in [-0.2, 0) is 0 Å². The standard InChI is InChI=1S/C17H24N4/c1-13(21-9-3-2-4-10-21)11-20-17-6-5-16(18)15-12-19-8-7-14(15)17/h5-8,12-13,20H,2-4,9-11,18H2,1H3. The molecule has 3 rings (SSSR count). The number of nitrogens with zero attached hydrogens (tertiary/aromatic N) is 2. The number of nitrogens with one attached hydrogen (secondary N) is 1. The van der Waals surface area contributed by atoms with Gasteiger partial charge in [-0.2, -0.15) is 0 Å². The molecule has 112 valence electrons. The van der Waals surface area contributed by atoms with E-state index in [2.05, 4.69) is 28.2 Å². The van der Waals surface area contributed by atoms with Gasteiger partial charge in [0.1, 0.15) is 0 Å². The second-order valence-electron chi connectivity index (χ2n) is 5.95. The third-order valence-electron chi connectivity index (χ3n) is 4.45. The Morgan fingerprint density at radius 1 is 1.19 bits per heavy atom. The Hall–Kier alpha value is -1.81. The van der Waals surface area contributed by atoms with E-state index in [9.17, 15) is 0 Å². The predicted octanol–water partition coefficient (Wildman–Crippen LogP) is 3.10. The van der Waals surface area contributed by atoms with Gasteiger partial charge in [0.25, 0.3) is 0 Å². The predicted molar refractivity (Wildman–Crippen MR) is 89.5 cm³/mol. The van der Waals surface area contributed by atoms with Crippen molar-refractivity contribution in [3.8, 4) is 0 Å². The van der Waals surface area contributed by atoms with Crippen LogP contribution >= 0.6 is 0 Å². The monoisotopic (exact) mass is 284 g/mol. The Kier molecular flexibility index (Phi) is 4.25. The zero-order chi connectivity index (χ0) is 14.7. The number of rotatable bonds is 4. The summed E-state index contributed by atoms with van der Waals surface area (Å²) in [5, 5.41) is 5.76. The molecule has 1 aromatic heterocycles. The first-order valence-corrected chi connectivity index (χ1v) is 7.86. The zero-order valence-electron chi connectivity index (χ0n) is 12.7. The van der Waals surface area contributed by atoms with Crippen LogP contribution in [0.15, 0.2) is 30.6 Å². The molecule has 0 bridgehead atoms. The number of likely N-dealkylation sites (tertiary alicyclic amines) is 1. The number of aromatic nitrogens is 1. The smallest absolute Gasteiger partial charge is 0.0423 e. The van der Waals surface area contributed by atoms with Crippen molar-refractivity contribution in [2.75, 3.05) is 30.7 Å². The lowest BCUT2D eigenvalue weighted by Crippen LogP contribution is -2.41. The second kappa shape index (κ2) is 6.31. The summed E-state index contributed by atoms with van der Waals surface area (Å²) in [6, 6.07) is 6.61. The number of nitrogen functional groups attached to an aromatic ring is 1. The molecule has 1 saturated heterocycles. The fourth-order valence-electron chi connectivity index (χ4n) is 3.11. The van der Waals surface area contributed by atoms with E-state index in [-0.39, 0.29) is 0 Å². The van der Waals surface area contributed by atoms with Crippen molar-refractivity contribution in [1.82, 2.24) is 9.88 Å². The molecule has 1 aliphatic rings. The number of nitrogens with two attached hydrogens (primary N) is 1. The number of pyridine rings is 1. The zero-order valence-corrected chi connectivity index (χ0v) is 12.7. The summed E-state index contributed by atoms with van der Waals surface area (Å²) in [6.45, 7) is 5.73. The van der Waals surface area contributed by atoms with Gasteiger partial charge in [0.2, 0.25) is 0 Å². The van der Waals surface area contributed by atoms with Crippen LogP contribution in [0.25, 0.3) is 10.8 Å². The Morgan fingerprint density at radius 3 is 2.81 bits per heavy atom. The molecule has 1 atom stereocenters. The third-order valence-corrected chi connectivity index (χ3v) is 4.45. The maximum Gasteiger partial charge on any atom is 0.0423 e. The number of benzene rings is 1. The summed E-state index contributed by atoms with van der Waals surface area (Å²) in [4.78, 5) is 6.75. The van der Waals surface area contributed by atoms with Crippen molar-refractivity contribution in [3.63, 3.8) is 0 Å². The van der Waals surface area contributed by atoms with Crippen molar-refractivity contribution in [2.24, 2.45) is 0 Å². The molecule has 0 aliphatic carbocycles. The molecule has 1 fully saturated rings. The number of fused-ring (bicyclic) bond motifs is 1. The van der Waals surface area contributed by atoms with Gasteiger partial charge in [-0.15, -0.1) is 0 Å². The van der Waals surface area contributed by atoms with Gasteiger partial charge in [-0.25, -0.2) is 0 Å². The van der Waals surface area contributed by atoms with Gasteiger partial charge in [0.15, 0.2) is 0 Å². The largest absolute Gasteiger partial charge is 0.398 e. The van der Waals surface area contributed by atoms with Gasteiger partial charge in [0, 0.05) is 47.1 Å². The SMILES string of the molecule is CC(CNc1ccc(N)c2cnccc12)N1CCCCC1.